The molecule has 2 aromatic rings. The Balaban J connectivity index is 1.55. The first-order valence-electron chi connectivity index (χ1n) is 7.87. The van der Waals surface area contributed by atoms with Crippen molar-refractivity contribution in [2.75, 3.05) is 19.6 Å². The summed E-state index contributed by atoms with van der Waals surface area (Å²) in [6.07, 6.45) is 5.19. The van der Waals surface area contributed by atoms with Crippen LogP contribution in [0.15, 0.2) is 40.0 Å². The summed E-state index contributed by atoms with van der Waals surface area (Å²) in [7, 11) is 0. The average Bonchev–Trinajstić information content (AvgIpc) is 3.10. The molecule has 3 aliphatic heterocycles. The van der Waals surface area contributed by atoms with E-state index in [9.17, 15) is 9.59 Å². The maximum absolute atomic E-state index is 12.5. The highest BCUT2D eigenvalue weighted by molar-refractivity contribution is 5.94. The average molecular weight is 314 g/mol. The smallest absolute Gasteiger partial charge is 0.256 e. The first-order valence-corrected chi connectivity index (χ1v) is 7.87. The van der Waals surface area contributed by atoms with Gasteiger partial charge in [0.15, 0.2) is 5.82 Å². The zero-order chi connectivity index (χ0) is 15.8. The molecule has 1 N–H and O–H groups in total. The van der Waals surface area contributed by atoms with E-state index in [0.29, 0.717) is 17.3 Å². The molecular weight excluding hydrogens is 296 g/mol. The van der Waals surface area contributed by atoms with E-state index in [4.69, 9.17) is 4.52 Å². The lowest BCUT2D eigenvalue weighted by atomic mass is 9.84. The van der Waals surface area contributed by atoms with Gasteiger partial charge in [-0.1, -0.05) is 5.16 Å². The molecule has 1 amide bonds. The van der Waals surface area contributed by atoms with Crippen molar-refractivity contribution in [1.82, 2.24) is 19.9 Å². The van der Waals surface area contributed by atoms with E-state index in [-0.39, 0.29) is 17.5 Å². The predicted octanol–water partition coefficient (Wildman–Crippen LogP) is 0.649. The first-order chi connectivity index (χ1) is 11.2. The molecule has 2 aromatic heterocycles. The van der Waals surface area contributed by atoms with Crippen molar-refractivity contribution in [2.24, 2.45) is 5.92 Å². The van der Waals surface area contributed by atoms with Gasteiger partial charge in [-0.3, -0.25) is 14.2 Å². The van der Waals surface area contributed by atoms with Crippen molar-refractivity contribution in [3.63, 3.8) is 0 Å². The highest BCUT2D eigenvalue weighted by Gasteiger charge is 2.34. The van der Waals surface area contributed by atoms with Crippen molar-refractivity contribution >= 4 is 5.91 Å². The van der Waals surface area contributed by atoms with E-state index < -0.39 is 0 Å². The molecule has 3 saturated heterocycles. The largest absolute Gasteiger partial charge is 0.363 e. The Kier molecular flexibility index (Phi) is 3.49. The molecule has 23 heavy (non-hydrogen) atoms. The van der Waals surface area contributed by atoms with Crippen LogP contribution in [-0.4, -0.2) is 46.2 Å². The number of carbonyl (C=O) groups excluding carboxylic acids is 1. The Morgan fingerprint density at radius 2 is 2.09 bits per heavy atom. The summed E-state index contributed by atoms with van der Waals surface area (Å²) < 4.78 is 6.08. The van der Waals surface area contributed by atoms with Crippen LogP contribution >= 0.6 is 0 Å². The van der Waals surface area contributed by atoms with Gasteiger partial charge in [0.2, 0.25) is 0 Å². The second-order valence-electron chi connectivity index (χ2n) is 6.20. The Hall–Kier alpha value is -2.41. The number of hydrogen-bond acceptors (Lipinski definition) is 5. The summed E-state index contributed by atoms with van der Waals surface area (Å²) in [6.45, 7) is 3.18. The molecule has 3 fully saturated rings. The zero-order valence-corrected chi connectivity index (χ0v) is 12.6. The van der Waals surface area contributed by atoms with Gasteiger partial charge in [-0.2, -0.15) is 0 Å². The number of rotatable bonds is 3. The number of pyridine rings is 1. The van der Waals surface area contributed by atoms with Crippen LogP contribution < -0.4 is 10.9 Å². The van der Waals surface area contributed by atoms with Crippen LogP contribution in [0, 0.1) is 5.92 Å². The molecule has 0 saturated carbocycles. The van der Waals surface area contributed by atoms with E-state index in [1.807, 2.05) is 0 Å². The van der Waals surface area contributed by atoms with E-state index in [0.717, 1.165) is 32.5 Å². The number of fused-ring (bicyclic) bond motifs is 3. The molecule has 3 aliphatic rings. The van der Waals surface area contributed by atoms with Crippen molar-refractivity contribution in [3.8, 4) is 5.82 Å². The third kappa shape index (κ3) is 2.68. The highest BCUT2D eigenvalue weighted by atomic mass is 16.5. The quantitative estimate of drug-likeness (QED) is 0.900. The van der Waals surface area contributed by atoms with Crippen LogP contribution in [-0.2, 0) is 0 Å². The molecule has 5 rings (SSSR count). The van der Waals surface area contributed by atoms with E-state index in [1.165, 1.54) is 23.1 Å². The van der Waals surface area contributed by atoms with Crippen molar-refractivity contribution < 1.29 is 9.32 Å². The van der Waals surface area contributed by atoms with Gasteiger partial charge in [-0.25, -0.2) is 0 Å². The van der Waals surface area contributed by atoms with E-state index >= 15 is 0 Å². The third-order valence-electron chi connectivity index (χ3n) is 4.82. The Morgan fingerprint density at radius 1 is 1.26 bits per heavy atom. The van der Waals surface area contributed by atoms with Crippen LogP contribution in [0.3, 0.4) is 0 Å². The third-order valence-corrected chi connectivity index (χ3v) is 4.82. The second-order valence-corrected chi connectivity index (χ2v) is 6.20. The first kappa shape index (κ1) is 14.2. The number of piperidine rings is 3. The number of carbonyl (C=O) groups is 1. The van der Waals surface area contributed by atoms with Crippen molar-refractivity contribution in [1.29, 1.82) is 0 Å². The predicted molar refractivity (Wildman–Crippen MR) is 82.5 cm³/mol. The lowest BCUT2D eigenvalue weighted by Crippen LogP contribution is -2.57. The molecule has 0 aliphatic carbocycles. The van der Waals surface area contributed by atoms with Crippen molar-refractivity contribution in [2.45, 2.75) is 18.9 Å². The van der Waals surface area contributed by atoms with Crippen LogP contribution in [0.5, 0.6) is 0 Å². The highest BCUT2D eigenvalue weighted by Crippen LogP contribution is 2.27. The summed E-state index contributed by atoms with van der Waals surface area (Å²) in [4.78, 5) is 26.9. The van der Waals surface area contributed by atoms with Gasteiger partial charge in [0, 0.05) is 30.9 Å². The SMILES string of the molecule is O=C(NC1CN2CCC1CC2)c1ccc(=O)n(-c2ccon2)c1. The van der Waals surface area contributed by atoms with Gasteiger partial charge in [0.1, 0.15) is 6.26 Å². The van der Waals surface area contributed by atoms with Gasteiger partial charge in [0.05, 0.1) is 5.56 Å². The number of nitrogens with zero attached hydrogens (tertiary/aromatic N) is 3. The number of aromatic nitrogens is 2. The fraction of sp³-hybridized carbons (Fsp3) is 0.438. The van der Waals surface area contributed by atoms with Gasteiger partial charge in [0.25, 0.3) is 11.5 Å². The molecule has 0 aromatic carbocycles. The Morgan fingerprint density at radius 3 is 2.74 bits per heavy atom. The Labute approximate surface area is 132 Å². The molecule has 0 spiro atoms. The summed E-state index contributed by atoms with van der Waals surface area (Å²) in [5.74, 6) is 0.777. The molecule has 1 atom stereocenters. The lowest BCUT2D eigenvalue weighted by molar-refractivity contribution is 0.0620. The minimum atomic E-state index is -0.252. The van der Waals surface area contributed by atoms with Crippen LogP contribution in [0.2, 0.25) is 0 Å². The second kappa shape index (κ2) is 5.66. The molecule has 120 valence electrons. The standard InChI is InChI=1S/C16H18N4O3/c21-15-2-1-12(9-20(15)14-5-8-23-18-14)16(22)17-13-10-19-6-3-11(13)4-7-19/h1-2,5,8-9,11,13H,3-4,6-7,10H2,(H,17,22). The minimum Gasteiger partial charge on any atom is -0.363 e. The van der Waals surface area contributed by atoms with Crippen LogP contribution in [0.1, 0.15) is 23.2 Å². The molecule has 7 heteroatoms. The summed E-state index contributed by atoms with van der Waals surface area (Å²) in [5, 5.41) is 6.86. The van der Waals surface area contributed by atoms with Gasteiger partial charge >= 0.3 is 0 Å². The van der Waals surface area contributed by atoms with Gasteiger partial charge in [-0.15, -0.1) is 0 Å². The Bertz CT molecular complexity index is 760. The zero-order valence-electron chi connectivity index (χ0n) is 12.6. The van der Waals surface area contributed by atoms with Crippen molar-refractivity contribution in [3.05, 3.63) is 46.6 Å². The topological polar surface area (TPSA) is 80.4 Å². The van der Waals surface area contributed by atoms with Gasteiger partial charge < -0.3 is 14.7 Å². The number of hydrogen-bond donors (Lipinski definition) is 1. The van der Waals surface area contributed by atoms with E-state index in [1.54, 1.807) is 12.1 Å². The molecule has 0 radical (unpaired) electrons. The maximum Gasteiger partial charge on any atom is 0.256 e. The monoisotopic (exact) mass is 314 g/mol. The molecule has 2 bridgehead atoms. The lowest BCUT2D eigenvalue weighted by Gasteiger charge is -2.44. The normalized spacial score (nSPS) is 26.2. The van der Waals surface area contributed by atoms with Crippen LogP contribution in [0.25, 0.3) is 5.82 Å². The number of nitrogens with one attached hydrogen (secondary N) is 1. The van der Waals surface area contributed by atoms with Crippen LogP contribution in [0.4, 0.5) is 0 Å². The minimum absolute atomic E-state index is 0.152. The summed E-state index contributed by atoms with van der Waals surface area (Å²) in [6, 6.07) is 4.70. The van der Waals surface area contributed by atoms with Gasteiger partial charge in [-0.05, 0) is 37.9 Å². The molecule has 1 unspecified atom stereocenters. The fourth-order valence-electron chi connectivity index (χ4n) is 3.51. The number of amides is 1. The molecular formula is C16H18N4O3. The fourth-order valence-corrected chi connectivity index (χ4v) is 3.51. The maximum atomic E-state index is 12.5. The van der Waals surface area contributed by atoms with E-state index in [2.05, 4.69) is 15.4 Å². The molecule has 7 nitrogen and oxygen atoms in total. The summed E-state index contributed by atoms with van der Waals surface area (Å²) in [5.41, 5.74) is 0.197. The summed E-state index contributed by atoms with van der Waals surface area (Å²) >= 11 is 0. The molecule has 5 heterocycles.